The third-order valence-corrected chi connectivity index (χ3v) is 5.83. The minimum atomic E-state index is -0.791. The number of Topliss-reactive ketones (excluding diaryl/α,β-unsaturated/α-hetero) is 1. The number of ketones is 1. The van der Waals surface area contributed by atoms with Crippen molar-refractivity contribution in [1.29, 1.82) is 0 Å². The quantitative estimate of drug-likeness (QED) is 0.386. The molecule has 2 amide bonds. The summed E-state index contributed by atoms with van der Waals surface area (Å²) < 4.78 is 16.3. The van der Waals surface area contributed by atoms with Crippen LogP contribution in [-0.4, -0.2) is 68.3 Å². The molecule has 0 atom stereocenters. The van der Waals surface area contributed by atoms with Gasteiger partial charge in [-0.25, -0.2) is 9.07 Å². The summed E-state index contributed by atoms with van der Waals surface area (Å²) in [5.74, 6) is -2.22. The zero-order valence-corrected chi connectivity index (χ0v) is 17.6. The SMILES string of the molecule is O=C(C(=O)N1CCN(C(=O)c2ccccc2)CC1)c1c[nH]c2c(-n3cccn3)ccc(F)c12. The number of amides is 2. The lowest BCUT2D eigenvalue weighted by atomic mass is 10.1. The molecule has 1 aliphatic rings. The van der Waals surface area contributed by atoms with E-state index in [1.165, 1.54) is 17.2 Å². The number of nitrogens with zero attached hydrogens (tertiary/aromatic N) is 4. The van der Waals surface area contributed by atoms with Crippen LogP contribution in [0.2, 0.25) is 0 Å². The van der Waals surface area contributed by atoms with E-state index in [4.69, 9.17) is 0 Å². The van der Waals surface area contributed by atoms with Gasteiger partial charge in [-0.2, -0.15) is 5.10 Å². The van der Waals surface area contributed by atoms with Gasteiger partial charge in [0.15, 0.2) is 0 Å². The van der Waals surface area contributed by atoms with Crippen molar-refractivity contribution in [2.45, 2.75) is 0 Å². The Hall–Kier alpha value is -4.27. The van der Waals surface area contributed by atoms with E-state index in [1.54, 1.807) is 58.4 Å². The molecule has 1 saturated heterocycles. The second-order valence-electron chi connectivity index (χ2n) is 7.75. The largest absolute Gasteiger partial charge is 0.359 e. The fourth-order valence-electron chi connectivity index (χ4n) is 4.11. The van der Waals surface area contributed by atoms with Crippen molar-refractivity contribution in [3.63, 3.8) is 0 Å². The Morgan fingerprint density at radius 2 is 1.64 bits per heavy atom. The first-order chi connectivity index (χ1) is 16.0. The first-order valence-corrected chi connectivity index (χ1v) is 10.5. The van der Waals surface area contributed by atoms with Crippen LogP contribution in [0.25, 0.3) is 16.6 Å². The van der Waals surface area contributed by atoms with Crippen molar-refractivity contribution in [2.24, 2.45) is 0 Å². The molecule has 5 rings (SSSR count). The number of hydrogen-bond donors (Lipinski definition) is 1. The second-order valence-corrected chi connectivity index (χ2v) is 7.75. The van der Waals surface area contributed by atoms with E-state index in [0.717, 1.165) is 0 Å². The zero-order valence-electron chi connectivity index (χ0n) is 17.6. The van der Waals surface area contributed by atoms with E-state index in [-0.39, 0.29) is 29.9 Å². The summed E-state index contributed by atoms with van der Waals surface area (Å²) in [5, 5.41) is 4.21. The molecular formula is C24H20FN5O3. The van der Waals surface area contributed by atoms with Crippen LogP contribution < -0.4 is 0 Å². The molecule has 0 radical (unpaired) electrons. The molecule has 166 valence electrons. The Labute approximate surface area is 188 Å². The van der Waals surface area contributed by atoms with Crippen molar-refractivity contribution >= 4 is 28.5 Å². The van der Waals surface area contributed by atoms with Crippen LogP contribution in [-0.2, 0) is 4.79 Å². The van der Waals surface area contributed by atoms with Gasteiger partial charge in [0.05, 0.1) is 16.8 Å². The highest BCUT2D eigenvalue weighted by Gasteiger charge is 2.31. The lowest BCUT2D eigenvalue weighted by molar-refractivity contribution is -0.127. The molecule has 2 aromatic carbocycles. The molecule has 9 heteroatoms. The average molecular weight is 445 g/mol. The van der Waals surface area contributed by atoms with Gasteiger partial charge in [0.2, 0.25) is 0 Å². The number of benzene rings is 2. The minimum Gasteiger partial charge on any atom is -0.359 e. The highest BCUT2D eigenvalue weighted by Crippen LogP contribution is 2.28. The van der Waals surface area contributed by atoms with Gasteiger partial charge in [-0.05, 0) is 30.3 Å². The second kappa shape index (κ2) is 8.34. The van der Waals surface area contributed by atoms with E-state index >= 15 is 0 Å². The van der Waals surface area contributed by atoms with Crippen molar-refractivity contribution in [3.05, 3.63) is 84.1 Å². The van der Waals surface area contributed by atoms with Crippen LogP contribution in [0.3, 0.4) is 0 Å². The first kappa shape index (κ1) is 20.6. The molecule has 3 heterocycles. The number of piperazine rings is 1. The summed E-state index contributed by atoms with van der Waals surface area (Å²) in [6, 6.07) is 13.5. The Balaban J connectivity index is 1.34. The molecule has 1 N–H and O–H groups in total. The summed E-state index contributed by atoms with van der Waals surface area (Å²) >= 11 is 0. The average Bonchev–Trinajstić information content (AvgIpc) is 3.55. The summed E-state index contributed by atoms with van der Waals surface area (Å²) in [4.78, 5) is 44.6. The zero-order chi connectivity index (χ0) is 22.9. The molecule has 1 aliphatic heterocycles. The van der Waals surface area contributed by atoms with Crippen LogP contribution >= 0.6 is 0 Å². The van der Waals surface area contributed by atoms with Gasteiger partial charge in [-0.15, -0.1) is 0 Å². The Kier molecular flexibility index (Phi) is 5.21. The maximum absolute atomic E-state index is 14.7. The molecule has 4 aromatic rings. The van der Waals surface area contributed by atoms with Gasteiger partial charge in [0.25, 0.3) is 17.6 Å². The molecule has 0 unspecified atom stereocenters. The van der Waals surface area contributed by atoms with Crippen molar-refractivity contribution < 1.29 is 18.8 Å². The fraction of sp³-hybridized carbons (Fsp3) is 0.167. The fourth-order valence-corrected chi connectivity index (χ4v) is 4.11. The van der Waals surface area contributed by atoms with E-state index in [9.17, 15) is 18.8 Å². The first-order valence-electron chi connectivity index (χ1n) is 10.5. The maximum atomic E-state index is 14.7. The van der Waals surface area contributed by atoms with Crippen molar-refractivity contribution in [1.82, 2.24) is 24.6 Å². The van der Waals surface area contributed by atoms with Crippen LogP contribution in [0, 0.1) is 5.82 Å². The normalized spacial score (nSPS) is 14.0. The van der Waals surface area contributed by atoms with Gasteiger partial charge >= 0.3 is 0 Å². The lowest BCUT2D eigenvalue weighted by Gasteiger charge is -2.34. The Bertz CT molecular complexity index is 1340. The van der Waals surface area contributed by atoms with Gasteiger partial charge < -0.3 is 14.8 Å². The molecule has 8 nitrogen and oxygen atoms in total. The number of rotatable bonds is 4. The Morgan fingerprint density at radius 1 is 0.909 bits per heavy atom. The number of hydrogen-bond acceptors (Lipinski definition) is 4. The van der Waals surface area contributed by atoms with Gasteiger partial charge in [-0.3, -0.25) is 14.4 Å². The van der Waals surface area contributed by atoms with Crippen LogP contribution in [0.1, 0.15) is 20.7 Å². The topological polar surface area (TPSA) is 91.3 Å². The van der Waals surface area contributed by atoms with Crippen LogP contribution in [0.4, 0.5) is 4.39 Å². The van der Waals surface area contributed by atoms with Gasteiger partial charge in [0, 0.05) is 55.7 Å². The molecule has 0 aliphatic carbocycles. The van der Waals surface area contributed by atoms with E-state index in [0.29, 0.717) is 29.9 Å². The summed E-state index contributed by atoms with van der Waals surface area (Å²) in [6.07, 6.45) is 4.66. The van der Waals surface area contributed by atoms with Crippen molar-refractivity contribution in [2.75, 3.05) is 26.2 Å². The van der Waals surface area contributed by atoms with Crippen molar-refractivity contribution in [3.8, 4) is 5.69 Å². The predicted octanol–water partition coefficient (Wildman–Crippen LogP) is 2.66. The molecule has 0 spiro atoms. The number of aromatic nitrogens is 3. The van der Waals surface area contributed by atoms with E-state index < -0.39 is 17.5 Å². The summed E-state index contributed by atoms with van der Waals surface area (Å²) in [5.41, 5.74) is 1.50. The summed E-state index contributed by atoms with van der Waals surface area (Å²) in [7, 11) is 0. The number of fused-ring (bicyclic) bond motifs is 1. The minimum absolute atomic E-state index is 0.0238. The molecule has 1 fully saturated rings. The monoisotopic (exact) mass is 445 g/mol. The number of aromatic amines is 1. The highest BCUT2D eigenvalue weighted by molar-refractivity contribution is 6.45. The lowest BCUT2D eigenvalue weighted by Crippen LogP contribution is -2.52. The predicted molar refractivity (Wildman–Crippen MR) is 119 cm³/mol. The smallest absolute Gasteiger partial charge is 0.295 e. The van der Waals surface area contributed by atoms with E-state index in [2.05, 4.69) is 10.1 Å². The van der Waals surface area contributed by atoms with Crippen LogP contribution in [0.15, 0.2) is 67.1 Å². The van der Waals surface area contributed by atoms with Gasteiger partial charge in [0.1, 0.15) is 5.82 Å². The number of carbonyl (C=O) groups excluding carboxylic acids is 3. The molecule has 0 saturated carbocycles. The molecule has 0 bridgehead atoms. The molecular weight excluding hydrogens is 425 g/mol. The third kappa shape index (κ3) is 3.67. The standard InChI is InChI=1S/C24H20FN5O3/c25-18-7-8-19(30-10-4-9-27-30)21-20(18)17(15-26-21)22(31)24(33)29-13-11-28(12-14-29)23(32)16-5-2-1-3-6-16/h1-10,15,26H,11-14H2. The molecule has 33 heavy (non-hydrogen) atoms. The third-order valence-electron chi connectivity index (χ3n) is 5.83. The summed E-state index contributed by atoms with van der Waals surface area (Å²) in [6.45, 7) is 1.09. The van der Waals surface area contributed by atoms with Crippen LogP contribution in [0.5, 0.6) is 0 Å². The molecule has 2 aromatic heterocycles. The van der Waals surface area contributed by atoms with E-state index in [1.807, 2.05) is 6.07 Å². The number of halogens is 1. The maximum Gasteiger partial charge on any atom is 0.295 e. The highest BCUT2D eigenvalue weighted by atomic mass is 19.1. The Morgan fingerprint density at radius 3 is 2.33 bits per heavy atom. The number of H-pyrrole nitrogens is 1. The van der Waals surface area contributed by atoms with Gasteiger partial charge in [-0.1, -0.05) is 18.2 Å². The number of carbonyl (C=O) groups is 3. The number of nitrogens with one attached hydrogen (secondary N) is 1.